The van der Waals surface area contributed by atoms with Gasteiger partial charge in [-0.25, -0.2) is 14.5 Å². The zero-order valence-electron chi connectivity index (χ0n) is 11.8. The molecule has 0 amide bonds. The third-order valence-electron chi connectivity index (χ3n) is 1.64. The number of carbonyl (C=O) groups is 2. The van der Waals surface area contributed by atoms with Crippen LogP contribution in [0.3, 0.4) is 0 Å². The van der Waals surface area contributed by atoms with Crippen LogP contribution in [-0.4, -0.2) is 24.0 Å². The predicted octanol–water partition coefficient (Wildman–Crippen LogP) is 2.66. The molecular formula is C12H20O7. The minimum atomic E-state index is -1.19. The highest BCUT2D eigenvalue weighted by molar-refractivity contribution is 5.87. The molecule has 0 heterocycles. The Morgan fingerprint density at radius 1 is 1.21 bits per heavy atom. The molecule has 0 fully saturated rings. The van der Waals surface area contributed by atoms with Crippen LogP contribution >= 0.6 is 0 Å². The van der Waals surface area contributed by atoms with Crippen LogP contribution in [0.4, 0.5) is 4.79 Å². The molecule has 7 heteroatoms. The molecule has 0 saturated carbocycles. The second kappa shape index (κ2) is 7.75. The smallest absolute Gasteiger partial charge is 0.422 e. The summed E-state index contributed by atoms with van der Waals surface area (Å²) < 4.78 is 9.34. The van der Waals surface area contributed by atoms with E-state index in [4.69, 9.17) is 4.74 Å². The molecule has 7 nitrogen and oxygen atoms in total. The van der Waals surface area contributed by atoms with Gasteiger partial charge in [-0.15, -0.1) is 0 Å². The molecule has 0 aromatic rings. The Morgan fingerprint density at radius 2 is 1.79 bits per heavy atom. The average molecular weight is 276 g/mol. The first-order chi connectivity index (χ1) is 8.65. The highest BCUT2D eigenvalue weighted by Gasteiger charge is 2.19. The van der Waals surface area contributed by atoms with Crippen molar-refractivity contribution in [3.63, 3.8) is 0 Å². The Labute approximate surface area is 112 Å². The van der Waals surface area contributed by atoms with Crippen LogP contribution in [0.2, 0.25) is 0 Å². The molecule has 0 aromatic carbocycles. The number of carbonyl (C=O) groups excluding carboxylic acids is 2. The van der Waals surface area contributed by atoms with Gasteiger partial charge >= 0.3 is 12.1 Å². The summed E-state index contributed by atoms with van der Waals surface area (Å²) in [7, 11) is 0. The molecular weight excluding hydrogens is 256 g/mol. The highest BCUT2D eigenvalue weighted by atomic mass is 17.5. The Morgan fingerprint density at radius 3 is 2.26 bits per heavy atom. The van der Waals surface area contributed by atoms with Gasteiger partial charge in [-0.2, -0.15) is 4.89 Å². The molecule has 0 rings (SSSR count). The molecule has 0 aliphatic rings. The molecule has 0 aliphatic heterocycles. The number of esters is 1. The fourth-order valence-electron chi connectivity index (χ4n) is 0.704. The molecule has 0 aliphatic carbocycles. The second-order valence-corrected chi connectivity index (χ2v) is 4.64. The van der Waals surface area contributed by atoms with Gasteiger partial charge in [0.1, 0.15) is 0 Å². The Balaban J connectivity index is 3.93. The average Bonchev–Trinajstić information content (AvgIpc) is 2.25. The first kappa shape index (κ1) is 17.4. The van der Waals surface area contributed by atoms with Gasteiger partial charge in [0.2, 0.25) is 6.29 Å². The SMILES string of the molecule is C=C(CC)C(=O)OC(C)OC(=O)OOOC(C)(C)C. The van der Waals surface area contributed by atoms with E-state index in [1.165, 1.54) is 6.92 Å². The predicted molar refractivity (Wildman–Crippen MR) is 64.5 cm³/mol. The molecule has 0 saturated heterocycles. The highest BCUT2D eigenvalue weighted by Crippen LogP contribution is 2.08. The molecule has 0 radical (unpaired) electrons. The summed E-state index contributed by atoms with van der Waals surface area (Å²) >= 11 is 0. The van der Waals surface area contributed by atoms with E-state index in [-0.39, 0.29) is 5.57 Å². The van der Waals surface area contributed by atoms with Crippen molar-refractivity contribution in [1.82, 2.24) is 0 Å². The van der Waals surface area contributed by atoms with Crippen molar-refractivity contribution >= 4 is 12.1 Å². The number of hydrogen-bond acceptors (Lipinski definition) is 7. The van der Waals surface area contributed by atoms with E-state index in [1.807, 2.05) is 0 Å². The molecule has 0 aromatic heterocycles. The molecule has 0 N–H and O–H groups in total. The van der Waals surface area contributed by atoms with Gasteiger partial charge in [0, 0.05) is 12.5 Å². The van der Waals surface area contributed by atoms with Crippen LogP contribution in [0.15, 0.2) is 12.2 Å². The van der Waals surface area contributed by atoms with E-state index in [1.54, 1.807) is 27.7 Å². The van der Waals surface area contributed by atoms with Gasteiger partial charge in [-0.05, 0) is 32.2 Å². The summed E-state index contributed by atoms with van der Waals surface area (Å²) in [5.74, 6) is -0.644. The van der Waals surface area contributed by atoms with Crippen LogP contribution in [0.1, 0.15) is 41.0 Å². The summed E-state index contributed by atoms with van der Waals surface area (Å²) in [6.07, 6.45) is -1.87. The van der Waals surface area contributed by atoms with Crippen molar-refractivity contribution in [1.29, 1.82) is 0 Å². The van der Waals surface area contributed by atoms with Crippen molar-refractivity contribution in [3.05, 3.63) is 12.2 Å². The summed E-state index contributed by atoms with van der Waals surface area (Å²) in [5, 5.41) is 4.20. The van der Waals surface area contributed by atoms with Crippen LogP contribution in [0.5, 0.6) is 0 Å². The summed E-state index contributed by atoms with van der Waals surface area (Å²) in [6.45, 7) is 11.7. The Bertz CT molecular complexity index is 329. The topological polar surface area (TPSA) is 80.3 Å². The fraction of sp³-hybridized carbons (Fsp3) is 0.667. The monoisotopic (exact) mass is 276 g/mol. The maximum atomic E-state index is 11.3. The standard InChI is InChI=1S/C12H20O7/c1-7-8(2)10(13)15-9(3)16-11(14)17-19-18-12(4,5)6/h9H,2,7H2,1,3-6H3. The van der Waals surface area contributed by atoms with Crippen LogP contribution in [0, 0.1) is 0 Å². The van der Waals surface area contributed by atoms with Crippen LogP contribution < -0.4 is 0 Å². The quantitative estimate of drug-likeness (QED) is 0.242. The number of hydrogen-bond donors (Lipinski definition) is 0. The maximum absolute atomic E-state index is 11.3. The van der Waals surface area contributed by atoms with E-state index in [9.17, 15) is 9.59 Å². The van der Waals surface area contributed by atoms with Crippen molar-refractivity contribution in [2.75, 3.05) is 0 Å². The van der Waals surface area contributed by atoms with Crippen molar-refractivity contribution in [3.8, 4) is 0 Å². The largest absolute Gasteiger partial charge is 0.545 e. The summed E-state index contributed by atoms with van der Waals surface area (Å²) in [4.78, 5) is 31.2. The van der Waals surface area contributed by atoms with Gasteiger partial charge in [0.05, 0.1) is 5.60 Å². The van der Waals surface area contributed by atoms with Crippen LogP contribution in [0.25, 0.3) is 0 Å². The Hall–Kier alpha value is -1.60. The fourth-order valence-corrected chi connectivity index (χ4v) is 0.704. The lowest BCUT2D eigenvalue weighted by atomic mass is 10.2. The number of ether oxygens (including phenoxy) is 2. The van der Waals surface area contributed by atoms with Gasteiger partial charge < -0.3 is 9.47 Å². The second-order valence-electron chi connectivity index (χ2n) is 4.64. The lowest BCUT2D eigenvalue weighted by molar-refractivity contribution is -0.515. The van der Waals surface area contributed by atoms with Crippen molar-refractivity contribution < 1.29 is 33.9 Å². The number of rotatable bonds is 6. The van der Waals surface area contributed by atoms with Gasteiger partial charge in [0.25, 0.3) is 0 Å². The van der Waals surface area contributed by atoms with E-state index >= 15 is 0 Å². The van der Waals surface area contributed by atoms with Crippen molar-refractivity contribution in [2.45, 2.75) is 52.9 Å². The minimum Gasteiger partial charge on any atom is -0.422 e. The van der Waals surface area contributed by atoms with Crippen LogP contribution in [-0.2, 0) is 29.1 Å². The van der Waals surface area contributed by atoms with Crippen molar-refractivity contribution in [2.24, 2.45) is 0 Å². The van der Waals surface area contributed by atoms with Gasteiger partial charge in [-0.1, -0.05) is 13.5 Å². The third kappa shape index (κ3) is 9.04. The maximum Gasteiger partial charge on any atom is 0.545 e. The molecule has 1 atom stereocenters. The molecule has 0 bridgehead atoms. The van der Waals surface area contributed by atoms with E-state index in [2.05, 4.69) is 26.1 Å². The van der Waals surface area contributed by atoms with E-state index in [0.29, 0.717) is 6.42 Å². The lowest BCUT2D eigenvalue weighted by Gasteiger charge is -2.16. The van der Waals surface area contributed by atoms with E-state index in [0.717, 1.165) is 0 Å². The summed E-state index contributed by atoms with van der Waals surface area (Å²) in [6, 6.07) is 0. The molecule has 1 unspecified atom stereocenters. The van der Waals surface area contributed by atoms with E-state index < -0.39 is 24.0 Å². The minimum absolute atomic E-state index is 0.274. The molecule has 19 heavy (non-hydrogen) atoms. The Kier molecular flexibility index (Phi) is 7.10. The normalized spacial score (nSPS) is 12.5. The first-order valence-corrected chi connectivity index (χ1v) is 5.77. The summed E-state index contributed by atoms with van der Waals surface area (Å²) in [5.41, 5.74) is -0.367. The molecule has 110 valence electrons. The lowest BCUT2D eigenvalue weighted by Crippen LogP contribution is -2.25. The zero-order valence-corrected chi connectivity index (χ0v) is 11.8. The third-order valence-corrected chi connectivity index (χ3v) is 1.64. The van der Waals surface area contributed by atoms with Gasteiger partial charge in [0.15, 0.2) is 0 Å². The van der Waals surface area contributed by atoms with Gasteiger partial charge in [-0.3, -0.25) is 0 Å². The first-order valence-electron chi connectivity index (χ1n) is 5.77. The molecule has 0 spiro atoms. The zero-order chi connectivity index (χ0) is 15.1.